The van der Waals surface area contributed by atoms with Crippen molar-refractivity contribution >= 4 is 5.52 Å². The minimum atomic E-state index is -0.470. The molecule has 3 aromatic rings. The van der Waals surface area contributed by atoms with E-state index in [1.165, 1.54) is 24.8 Å². The van der Waals surface area contributed by atoms with Crippen LogP contribution in [0.3, 0.4) is 0 Å². The lowest BCUT2D eigenvalue weighted by atomic mass is 9.84. The molecule has 4 rings (SSSR count). The maximum atomic E-state index is 11.0. The molecule has 1 N–H and O–H groups in total. The molecule has 1 fully saturated rings. The molecule has 1 aliphatic rings. The number of fused-ring (bicyclic) bond motifs is 1. The van der Waals surface area contributed by atoms with Gasteiger partial charge in [0.05, 0.1) is 11.2 Å². The highest BCUT2D eigenvalue weighted by Gasteiger charge is 2.27. The SMILES string of the molecule is Cc1ccc(-c2nc(C(O)C3CCCCC3)c3ccccn23)cc1. The number of aromatic nitrogens is 2. The van der Waals surface area contributed by atoms with Gasteiger partial charge in [-0.2, -0.15) is 0 Å². The Morgan fingerprint density at radius 1 is 1.04 bits per heavy atom. The lowest BCUT2D eigenvalue weighted by molar-refractivity contribution is 0.0828. The van der Waals surface area contributed by atoms with E-state index >= 15 is 0 Å². The molecule has 1 unspecified atom stereocenters. The maximum absolute atomic E-state index is 11.0. The van der Waals surface area contributed by atoms with E-state index in [0.717, 1.165) is 35.4 Å². The van der Waals surface area contributed by atoms with Crippen LogP contribution in [0, 0.1) is 12.8 Å². The average Bonchev–Trinajstić information content (AvgIpc) is 3.02. The Labute approximate surface area is 143 Å². The van der Waals surface area contributed by atoms with Crippen LogP contribution < -0.4 is 0 Å². The Kier molecular flexibility index (Phi) is 4.11. The Hall–Kier alpha value is -2.13. The third-order valence-corrected chi connectivity index (χ3v) is 5.26. The summed E-state index contributed by atoms with van der Waals surface area (Å²) in [5.74, 6) is 1.25. The number of aliphatic hydroxyl groups is 1. The molecule has 1 aromatic carbocycles. The monoisotopic (exact) mass is 320 g/mol. The van der Waals surface area contributed by atoms with E-state index in [2.05, 4.69) is 41.7 Å². The Morgan fingerprint density at radius 3 is 2.54 bits per heavy atom. The highest BCUT2D eigenvalue weighted by molar-refractivity contribution is 5.66. The molecule has 124 valence electrons. The van der Waals surface area contributed by atoms with Gasteiger partial charge in [0, 0.05) is 11.8 Å². The van der Waals surface area contributed by atoms with Crippen LogP contribution in [0.25, 0.3) is 16.9 Å². The third kappa shape index (κ3) is 2.73. The van der Waals surface area contributed by atoms with Gasteiger partial charge >= 0.3 is 0 Å². The molecule has 0 aliphatic heterocycles. The zero-order chi connectivity index (χ0) is 16.5. The van der Waals surface area contributed by atoms with Crippen molar-refractivity contribution in [2.75, 3.05) is 0 Å². The van der Waals surface area contributed by atoms with Gasteiger partial charge in [0.25, 0.3) is 0 Å². The fourth-order valence-corrected chi connectivity index (χ4v) is 3.86. The molecular formula is C21H24N2O. The van der Waals surface area contributed by atoms with E-state index < -0.39 is 6.10 Å². The Morgan fingerprint density at radius 2 is 1.79 bits per heavy atom. The van der Waals surface area contributed by atoms with E-state index in [1.54, 1.807) is 0 Å². The van der Waals surface area contributed by atoms with Gasteiger partial charge in [0.1, 0.15) is 11.9 Å². The van der Waals surface area contributed by atoms with Crippen molar-refractivity contribution in [2.45, 2.75) is 45.1 Å². The van der Waals surface area contributed by atoms with Crippen molar-refractivity contribution in [1.82, 2.24) is 9.38 Å². The first-order valence-electron chi connectivity index (χ1n) is 8.96. The summed E-state index contributed by atoms with van der Waals surface area (Å²) in [6.07, 6.45) is 7.51. The second kappa shape index (κ2) is 6.40. The van der Waals surface area contributed by atoms with E-state index in [-0.39, 0.29) is 0 Å². The quantitative estimate of drug-likeness (QED) is 0.743. The molecule has 3 heteroatoms. The zero-order valence-electron chi connectivity index (χ0n) is 14.2. The largest absolute Gasteiger partial charge is 0.386 e. The first-order valence-corrected chi connectivity index (χ1v) is 8.96. The van der Waals surface area contributed by atoms with Crippen LogP contribution in [0.5, 0.6) is 0 Å². The minimum Gasteiger partial charge on any atom is -0.386 e. The molecule has 0 bridgehead atoms. The molecular weight excluding hydrogens is 296 g/mol. The summed E-state index contributed by atoms with van der Waals surface area (Å²) in [5.41, 5.74) is 4.18. The van der Waals surface area contributed by atoms with Gasteiger partial charge < -0.3 is 5.11 Å². The summed E-state index contributed by atoms with van der Waals surface area (Å²) >= 11 is 0. The van der Waals surface area contributed by atoms with Gasteiger partial charge in [0.15, 0.2) is 0 Å². The smallest absolute Gasteiger partial charge is 0.144 e. The Bertz CT molecular complexity index is 829. The molecule has 2 heterocycles. The van der Waals surface area contributed by atoms with Crippen LogP contribution in [0.1, 0.15) is 49.5 Å². The molecule has 1 aliphatic carbocycles. The molecule has 0 radical (unpaired) electrons. The topological polar surface area (TPSA) is 37.5 Å². The summed E-state index contributed by atoms with van der Waals surface area (Å²) in [7, 11) is 0. The number of pyridine rings is 1. The van der Waals surface area contributed by atoms with Crippen LogP contribution in [0.15, 0.2) is 48.7 Å². The van der Waals surface area contributed by atoms with E-state index in [9.17, 15) is 5.11 Å². The molecule has 24 heavy (non-hydrogen) atoms. The highest BCUT2D eigenvalue weighted by Crippen LogP contribution is 2.36. The first-order chi connectivity index (χ1) is 11.7. The zero-order valence-corrected chi connectivity index (χ0v) is 14.2. The lowest BCUT2D eigenvalue weighted by Gasteiger charge is -2.25. The molecule has 1 atom stereocenters. The van der Waals surface area contributed by atoms with Gasteiger partial charge in [-0.1, -0.05) is 55.2 Å². The standard InChI is InChI=1S/C21H24N2O/c1-15-10-12-17(13-11-15)21-22-19(18-9-5-6-14-23(18)21)20(24)16-7-3-2-4-8-16/h5-6,9-14,16,20,24H,2-4,7-8H2,1H3. The van der Waals surface area contributed by atoms with Crippen molar-refractivity contribution in [3.8, 4) is 11.4 Å². The highest BCUT2D eigenvalue weighted by atomic mass is 16.3. The summed E-state index contributed by atoms with van der Waals surface area (Å²) in [4.78, 5) is 4.88. The van der Waals surface area contributed by atoms with Gasteiger partial charge in [0.2, 0.25) is 0 Å². The van der Waals surface area contributed by atoms with Crippen LogP contribution >= 0.6 is 0 Å². The second-order valence-electron chi connectivity index (χ2n) is 6.99. The number of benzene rings is 1. The fraction of sp³-hybridized carbons (Fsp3) is 0.381. The van der Waals surface area contributed by atoms with Crippen molar-refractivity contribution in [2.24, 2.45) is 5.92 Å². The van der Waals surface area contributed by atoms with Gasteiger partial charge in [-0.3, -0.25) is 4.40 Å². The van der Waals surface area contributed by atoms with E-state index in [1.807, 2.05) is 18.3 Å². The van der Waals surface area contributed by atoms with E-state index in [0.29, 0.717) is 5.92 Å². The molecule has 0 amide bonds. The summed E-state index contributed by atoms with van der Waals surface area (Å²) in [6.45, 7) is 2.09. The van der Waals surface area contributed by atoms with Crippen molar-refractivity contribution in [3.05, 3.63) is 59.9 Å². The molecule has 3 nitrogen and oxygen atoms in total. The van der Waals surface area contributed by atoms with Crippen molar-refractivity contribution in [3.63, 3.8) is 0 Å². The summed E-state index contributed by atoms with van der Waals surface area (Å²) in [5, 5.41) is 11.0. The maximum Gasteiger partial charge on any atom is 0.144 e. The number of aliphatic hydroxyl groups excluding tert-OH is 1. The van der Waals surface area contributed by atoms with Gasteiger partial charge in [-0.25, -0.2) is 4.98 Å². The molecule has 0 saturated heterocycles. The normalized spacial score (nSPS) is 17.2. The molecule has 2 aromatic heterocycles. The van der Waals surface area contributed by atoms with Crippen molar-refractivity contribution < 1.29 is 5.11 Å². The molecule has 0 spiro atoms. The predicted octanol–water partition coefficient (Wildman–Crippen LogP) is 4.92. The lowest BCUT2D eigenvalue weighted by Crippen LogP contribution is -2.16. The minimum absolute atomic E-state index is 0.337. The first kappa shape index (κ1) is 15.4. The summed E-state index contributed by atoms with van der Waals surface area (Å²) in [6, 6.07) is 14.5. The summed E-state index contributed by atoms with van der Waals surface area (Å²) < 4.78 is 2.10. The number of rotatable bonds is 3. The fourth-order valence-electron chi connectivity index (χ4n) is 3.86. The second-order valence-corrected chi connectivity index (χ2v) is 6.99. The van der Waals surface area contributed by atoms with E-state index in [4.69, 9.17) is 4.98 Å². The van der Waals surface area contributed by atoms with Crippen molar-refractivity contribution in [1.29, 1.82) is 0 Å². The van der Waals surface area contributed by atoms with Crippen LogP contribution in [0.2, 0.25) is 0 Å². The van der Waals surface area contributed by atoms with Crippen LogP contribution in [-0.4, -0.2) is 14.5 Å². The van der Waals surface area contributed by atoms with Gasteiger partial charge in [-0.15, -0.1) is 0 Å². The number of hydrogen-bond donors (Lipinski definition) is 1. The van der Waals surface area contributed by atoms with Crippen LogP contribution in [0.4, 0.5) is 0 Å². The molecule has 1 saturated carbocycles. The number of imidazole rings is 1. The number of hydrogen-bond acceptors (Lipinski definition) is 2. The van der Waals surface area contributed by atoms with Gasteiger partial charge in [-0.05, 0) is 37.8 Å². The third-order valence-electron chi connectivity index (χ3n) is 5.26. The average molecular weight is 320 g/mol. The number of aryl methyl sites for hydroxylation is 1. The Balaban J connectivity index is 1.80. The predicted molar refractivity (Wildman–Crippen MR) is 96.9 cm³/mol. The van der Waals surface area contributed by atoms with Crippen LogP contribution in [-0.2, 0) is 0 Å². The number of nitrogens with zero attached hydrogens (tertiary/aromatic N) is 2.